The van der Waals surface area contributed by atoms with Crippen LogP contribution in [0.4, 0.5) is 4.39 Å². The van der Waals surface area contributed by atoms with Gasteiger partial charge in [0.15, 0.2) is 0 Å². The molecule has 1 aliphatic rings. The summed E-state index contributed by atoms with van der Waals surface area (Å²) in [5, 5.41) is 10.3. The molecule has 0 radical (unpaired) electrons. The van der Waals surface area contributed by atoms with Crippen molar-refractivity contribution in [2.45, 2.75) is 18.4 Å². The number of hydrogen-bond donors (Lipinski definition) is 1. The summed E-state index contributed by atoms with van der Waals surface area (Å²) in [4.78, 5) is 0. The summed E-state index contributed by atoms with van der Waals surface area (Å²) in [6.45, 7) is 0.956. The highest BCUT2D eigenvalue weighted by molar-refractivity contribution is 9.10. The van der Waals surface area contributed by atoms with Crippen molar-refractivity contribution in [1.82, 2.24) is 0 Å². The summed E-state index contributed by atoms with van der Waals surface area (Å²) in [6.07, 6.45) is 0.900. The fourth-order valence-corrected chi connectivity index (χ4v) is 2.18. The van der Waals surface area contributed by atoms with Gasteiger partial charge < -0.3 is 9.84 Å². The second kappa shape index (κ2) is 4.20. The predicted molar refractivity (Wildman–Crippen MR) is 58.0 cm³/mol. The Morgan fingerprint density at radius 2 is 2.00 bits per heavy atom. The molecule has 1 heterocycles. The maximum Gasteiger partial charge on any atom is 0.130 e. The standard InChI is InChI=1S/C11H12BrFO2/c12-8-1-2-9(10(13)7-8)11(14)3-5-15-6-4-11/h1-2,7,14H,3-6H2. The third-order valence-electron chi connectivity index (χ3n) is 2.75. The van der Waals surface area contributed by atoms with Crippen LogP contribution in [0.3, 0.4) is 0 Å². The highest BCUT2D eigenvalue weighted by atomic mass is 79.9. The third-order valence-corrected chi connectivity index (χ3v) is 3.25. The lowest BCUT2D eigenvalue weighted by molar-refractivity contribution is -0.0698. The monoisotopic (exact) mass is 274 g/mol. The van der Waals surface area contributed by atoms with E-state index in [1.54, 1.807) is 12.1 Å². The molecule has 0 spiro atoms. The van der Waals surface area contributed by atoms with Gasteiger partial charge >= 0.3 is 0 Å². The van der Waals surface area contributed by atoms with Crippen molar-refractivity contribution in [2.75, 3.05) is 13.2 Å². The Morgan fingerprint density at radius 3 is 2.60 bits per heavy atom. The van der Waals surface area contributed by atoms with E-state index in [0.717, 1.165) is 0 Å². The Labute approximate surface area is 96.2 Å². The maximum absolute atomic E-state index is 13.6. The zero-order valence-electron chi connectivity index (χ0n) is 8.17. The van der Waals surface area contributed by atoms with E-state index in [0.29, 0.717) is 36.1 Å². The second-order valence-electron chi connectivity index (χ2n) is 3.77. The van der Waals surface area contributed by atoms with Crippen molar-refractivity contribution in [2.24, 2.45) is 0 Å². The van der Waals surface area contributed by atoms with Crippen LogP contribution < -0.4 is 0 Å². The van der Waals surface area contributed by atoms with E-state index in [1.165, 1.54) is 6.07 Å². The molecule has 0 amide bonds. The minimum absolute atomic E-state index is 0.367. The summed E-state index contributed by atoms with van der Waals surface area (Å²) in [5.74, 6) is -0.367. The average Bonchev–Trinajstić information content (AvgIpc) is 2.18. The number of aliphatic hydroxyl groups is 1. The van der Waals surface area contributed by atoms with Crippen molar-refractivity contribution >= 4 is 15.9 Å². The molecule has 0 saturated carbocycles. The van der Waals surface area contributed by atoms with Crippen molar-refractivity contribution in [1.29, 1.82) is 0 Å². The van der Waals surface area contributed by atoms with Gasteiger partial charge in [-0.05, 0) is 12.1 Å². The molecule has 1 aromatic rings. The van der Waals surface area contributed by atoms with Gasteiger partial charge in [0.25, 0.3) is 0 Å². The maximum atomic E-state index is 13.6. The zero-order valence-corrected chi connectivity index (χ0v) is 9.76. The van der Waals surface area contributed by atoms with Gasteiger partial charge in [0.05, 0.1) is 5.60 Å². The molecule has 1 N–H and O–H groups in total. The first-order valence-corrected chi connectivity index (χ1v) is 5.67. The van der Waals surface area contributed by atoms with Crippen molar-refractivity contribution in [3.05, 3.63) is 34.1 Å². The highest BCUT2D eigenvalue weighted by Crippen LogP contribution is 2.34. The Balaban J connectivity index is 2.35. The zero-order chi connectivity index (χ0) is 10.9. The normalized spacial score (nSPS) is 20.2. The second-order valence-corrected chi connectivity index (χ2v) is 4.68. The van der Waals surface area contributed by atoms with E-state index in [2.05, 4.69) is 15.9 Å². The van der Waals surface area contributed by atoms with Gasteiger partial charge in [0.2, 0.25) is 0 Å². The van der Waals surface area contributed by atoms with Gasteiger partial charge in [-0.3, -0.25) is 0 Å². The van der Waals surface area contributed by atoms with Crippen molar-refractivity contribution in [3.8, 4) is 0 Å². The molecule has 1 saturated heterocycles. The van der Waals surface area contributed by atoms with Crippen molar-refractivity contribution < 1.29 is 14.2 Å². The number of benzene rings is 1. The molecule has 0 bridgehead atoms. The largest absolute Gasteiger partial charge is 0.385 e. The van der Waals surface area contributed by atoms with Gasteiger partial charge in [0.1, 0.15) is 5.82 Å². The van der Waals surface area contributed by atoms with Gasteiger partial charge in [-0.15, -0.1) is 0 Å². The first kappa shape index (κ1) is 11.0. The molecule has 1 aromatic carbocycles. The first-order chi connectivity index (χ1) is 7.12. The van der Waals surface area contributed by atoms with E-state index in [9.17, 15) is 9.50 Å². The number of rotatable bonds is 1. The van der Waals surface area contributed by atoms with E-state index in [1.807, 2.05) is 0 Å². The molecule has 0 unspecified atom stereocenters. The molecule has 0 aliphatic carbocycles. The van der Waals surface area contributed by atoms with Crippen LogP contribution in [0.1, 0.15) is 18.4 Å². The van der Waals surface area contributed by atoms with Crippen LogP contribution in [-0.2, 0) is 10.3 Å². The Hall–Kier alpha value is -0.450. The van der Waals surface area contributed by atoms with E-state index >= 15 is 0 Å². The van der Waals surface area contributed by atoms with E-state index < -0.39 is 5.60 Å². The fraction of sp³-hybridized carbons (Fsp3) is 0.455. The Bertz CT molecular complexity index is 362. The summed E-state index contributed by atoms with van der Waals surface area (Å²) < 4.78 is 19.5. The van der Waals surface area contributed by atoms with Gasteiger partial charge in [-0.2, -0.15) is 0 Å². The quantitative estimate of drug-likeness (QED) is 0.853. The topological polar surface area (TPSA) is 29.5 Å². The van der Waals surface area contributed by atoms with Gasteiger partial charge in [0, 0.05) is 36.1 Å². The van der Waals surface area contributed by atoms with Crippen LogP contribution >= 0.6 is 15.9 Å². The number of hydrogen-bond acceptors (Lipinski definition) is 2. The molecule has 2 rings (SSSR count). The molecule has 1 aliphatic heterocycles. The van der Waals surface area contributed by atoms with Crippen LogP contribution in [0.15, 0.2) is 22.7 Å². The Kier molecular flexibility index (Phi) is 3.09. The predicted octanol–water partition coefficient (Wildman–Crippen LogP) is 2.59. The molecule has 0 atom stereocenters. The Morgan fingerprint density at radius 1 is 1.33 bits per heavy atom. The summed E-state index contributed by atoms with van der Waals surface area (Å²) in [6, 6.07) is 4.75. The SMILES string of the molecule is OC1(c2ccc(Br)cc2F)CCOCC1. The van der Waals surface area contributed by atoms with Crippen LogP contribution in [0.5, 0.6) is 0 Å². The molecule has 82 valence electrons. The van der Waals surface area contributed by atoms with Gasteiger partial charge in [-0.1, -0.05) is 22.0 Å². The molecule has 1 fully saturated rings. The smallest absolute Gasteiger partial charge is 0.130 e. The van der Waals surface area contributed by atoms with Gasteiger partial charge in [-0.25, -0.2) is 4.39 Å². The lowest BCUT2D eigenvalue weighted by Crippen LogP contribution is -2.34. The third kappa shape index (κ3) is 2.22. The molecule has 15 heavy (non-hydrogen) atoms. The number of ether oxygens (including phenoxy) is 1. The molecule has 4 heteroatoms. The fourth-order valence-electron chi connectivity index (χ4n) is 1.85. The first-order valence-electron chi connectivity index (χ1n) is 4.87. The summed E-state index contributed by atoms with van der Waals surface area (Å²) in [7, 11) is 0. The summed E-state index contributed by atoms with van der Waals surface area (Å²) >= 11 is 3.19. The van der Waals surface area contributed by atoms with Crippen molar-refractivity contribution in [3.63, 3.8) is 0 Å². The average molecular weight is 275 g/mol. The minimum Gasteiger partial charge on any atom is -0.385 e. The lowest BCUT2D eigenvalue weighted by Gasteiger charge is -2.32. The molecule has 2 nitrogen and oxygen atoms in total. The molecule has 0 aromatic heterocycles. The highest BCUT2D eigenvalue weighted by Gasteiger charge is 2.34. The van der Waals surface area contributed by atoms with E-state index in [4.69, 9.17) is 4.74 Å². The van der Waals surface area contributed by atoms with E-state index in [-0.39, 0.29) is 5.82 Å². The van der Waals surface area contributed by atoms with Crippen LogP contribution in [0.2, 0.25) is 0 Å². The summed E-state index contributed by atoms with van der Waals surface area (Å²) in [5.41, 5.74) is -0.697. The van der Waals surface area contributed by atoms with Crippen LogP contribution in [0, 0.1) is 5.82 Å². The van der Waals surface area contributed by atoms with Crippen LogP contribution in [0.25, 0.3) is 0 Å². The van der Waals surface area contributed by atoms with Crippen LogP contribution in [-0.4, -0.2) is 18.3 Å². The number of halogens is 2. The lowest BCUT2D eigenvalue weighted by atomic mass is 9.86. The minimum atomic E-state index is -1.07. The molecular formula is C11H12BrFO2. The molecular weight excluding hydrogens is 263 g/mol.